The fraction of sp³-hybridized carbons (Fsp3) is 0.824. The first kappa shape index (κ1) is 22.4. The van der Waals surface area contributed by atoms with Crippen LogP contribution in [0.15, 0.2) is 0 Å². The van der Waals surface area contributed by atoms with E-state index in [-0.39, 0.29) is 25.1 Å². The number of amides is 1. The van der Waals surface area contributed by atoms with Gasteiger partial charge in [-0.05, 0) is 13.3 Å². The maximum absolute atomic E-state index is 11.5. The molecule has 0 aromatic rings. The van der Waals surface area contributed by atoms with Crippen molar-refractivity contribution in [3.8, 4) is 0 Å². The molecule has 0 aliphatic rings. The van der Waals surface area contributed by atoms with Gasteiger partial charge in [0.05, 0.1) is 0 Å². The van der Waals surface area contributed by atoms with E-state index < -0.39 is 18.1 Å². The predicted molar refractivity (Wildman–Crippen MR) is 89.2 cm³/mol. The number of carbonyl (C=O) groups is 3. The molecule has 140 valence electrons. The summed E-state index contributed by atoms with van der Waals surface area (Å²) in [6, 6.07) is -0.787. The minimum Gasteiger partial charge on any atom is -0.463 e. The van der Waals surface area contributed by atoms with Crippen LogP contribution in [0.3, 0.4) is 0 Å². The van der Waals surface area contributed by atoms with E-state index in [9.17, 15) is 19.5 Å². The summed E-state index contributed by atoms with van der Waals surface area (Å²) in [5, 5.41) is 12.0. The molecule has 1 unspecified atom stereocenters. The normalized spacial score (nSPS) is 13.0. The smallest absolute Gasteiger partial charge is 0.328 e. The molecule has 0 rings (SSSR count). The molecule has 0 bridgehead atoms. The SMILES string of the molecule is CCCCCCCCC(=O)OCC(O)COC(=O)[C@H](C)NC(C)=O. The Balaban J connectivity index is 3.70. The van der Waals surface area contributed by atoms with Crippen molar-refractivity contribution in [2.45, 2.75) is 77.9 Å². The van der Waals surface area contributed by atoms with E-state index >= 15 is 0 Å². The molecule has 0 aliphatic heterocycles. The lowest BCUT2D eigenvalue weighted by Crippen LogP contribution is -2.39. The van der Waals surface area contributed by atoms with Crippen LogP contribution in [0.25, 0.3) is 0 Å². The van der Waals surface area contributed by atoms with E-state index in [2.05, 4.69) is 12.2 Å². The third-order valence-electron chi connectivity index (χ3n) is 3.36. The van der Waals surface area contributed by atoms with Gasteiger partial charge in [0.2, 0.25) is 5.91 Å². The quantitative estimate of drug-likeness (QED) is 0.389. The van der Waals surface area contributed by atoms with E-state index in [1.807, 2.05) is 0 Å². The van der Waals surface area contributed by atoms with Gasteiger partial charge in [0.1, 0.15) is 25.4 Å². The molecule has 24 heavy (non-hydrogen) atoms. The summed E-state index contributed by atoms with van der Waals surface area (Å²) in [5.41, 5.74) is 0. The van der Waals surface area contributed by atoms with E-state index in [4.69, 9.17) is 9.47 Å². The summed E-state index contributed by atoms with van der Waals surface area (Å²) in [5.74, 6) is -1.35. The molecule has 0 fully saturated rings. The van der Waals surface area contributed by atoms with Crippen molar-refractivity contribution in [1.29, 1.82) is 0 Å². The van der Waals surface area contributed by atoms with Crippen LogP contribution >= 0.6 is 0 Å². The lowest BCUT2D eigenvalue weighted by atomic mass is 10.1. The van der Waals surface area contributed by atoms with Gasteiger partial charge in [-0.15, -0.1) is 0 Å². The number of carbonyl (C=O) groups excluding carboxylic acids is 3. The molecule has 7 heteroatoms. The highest BCUT2D eigenvalue weighted by Crippen LogP contribution is 2.07. The molecule has 0 saturated carbocycles. The number of esters is 2. The Hall–Kier alpha value is -1.63. The highest BCUT2D eigenvalue weighted by molar-refractivity contribution is 5.82. The number of nitrogens with one attached hydrogen (secondary N) is 1. The molecule has 0 heterocycles. The molecule has 0 aromatic heterocycles. The second-order valence-corrected chi connectivity index (χ2v) is 5.91. The maximum Gasteiger partial charge on any atom is 0.328 e. The van der Waals surface area contributed by atoms with Gasteiger partial charge in [-0.1, -0.05) is 39.0 Å². The first-order valence-electron chi connectivity index (χ1n) is 8.64. The number of ether oxygens (including phenoxy) is 2. The molecule has 0 aromatic carbocycles. The van der Waals surface area contributed by atoms with Crippen LogP contribution in [0, 0.1) is 0 Å². The van der Waals surface area contributed by atoms with Crippen molar-refractivity contribution in [3.63, 3.8) is 0 Å². The van der Waals surface area contributed by atoms with Crippen LogP contribution in [-0.2, 0) is 23.9 Å². The summed E-state index contributed by atoms with van der Waals surface area (Å²) >= 11 is 0. The Bertz CT molecular complexity index is 385. The highest BCUT2D eigenvalue weighted by Gasteiger charge is 2.17. The van der Waals surface area contributed by atoms with Gasteiger partial charge in [0.25, 0.3) is 0 Å². The van der Waals surface area contributed by atoms with Gasteiger partial charge < -0.3 is 19.9 Å². The molecule has 0 aliphatic carbocycles. The predicted octanol–water partition coefficient (Wildman–Crippen LogP) is 1.71. The van der Waals surface area contributed by atoms with Crippen LogP contribution in [0.2, 0.25) is 0 Å². The zero-order valence-corrected chi connectivity index (χ0v) is 15.0. The van der Waals surface area contributed by atoms with E-state index in [1.165, 1.54) is 33.1 Å². The number of hydrogen-bond acceptors (Lipinski definition) is 6. The van der Waals surface area contributed by atoms with Gasteiger partial charge in [0.15, 0.2) is 0 Å². The molecule has 1 amide bonds. The number of aliphatic hydroxyl groups excluding tert-OH is 1. The van der Waals surface area contributed by atoms with Crippen LogP contribution < -0.4 is 5.32 Å². The lowest BCUT2D eigenvalue weighted by Gasteiger charge is -2.15. The Morgan fingerprint density at radius 1 is 1.00 bits per heavy atom. The third-order valence-corrected chi connectivity index (χ3v) is 3.36. The second-order valence-electron chi connectivity index (χ2n) is 5.91. The topological polar surface area (TPSA) is 102 Å². The molecule has 2 atom stereocenters. The summed E-state index contributed by atoms with van der Waals surface area (Å²) in [6.07, 6.45) is 5.74. The van der Waals surface area contributed by atoms with Gasteiger partial charge >= 0.3 is 11.9 Å². The second kappa shape index (κ2) is 13.8. The van der Waals surface area contributed by atoms with Crippen LogP contribution in [0.1, 0.15) is 65.7 Å². The molecule has 0 spiro atoms. The largest absolute Gasteiger partial charge is 0.463 e. The van der Waals surface area contributed by atoms with Crippen molar-refractivity contribution in [1.82, 2.24) is 5.32 Å². The Kier molecular flexibility index (Phi) is 12.8. The summed E-state index contributed by atoms with van der Waals surface area (Å²) in [4.78, 5) is 33.8. The first-order valence-corrected chi connectivity index (χ1v) is 8.64. The molecule has 0 saturated heterocycles. The average Bonchev–Trinajstić information content (AvgIpc) is 2.53. The van der Waals surface area contributed by atoms with Crippen molar-refractivity contribution in [3.05, 3.63) is 0 Å². The molecular formula is C17H31NO6. The van der Waals surface area contributed by atoms with Crippen LogP contribution in [-0.4, -0.2) is 48.3 Å². The number of hydrogen-bond donors (Lipinski definition) is 2. The summed E-state index contributed by atoms with van der Waals surface area (Å²) in [7, 11) is 0. The molecular weight excluding hydrogens is 314 g/mol. The Morgan fingerprint density at radius 2 is 1.58 bits per heavy atom. The van der Waals surface area contributed by atoms with Gasteiger partial charge in [-0.3, -0.25) is 9.59 Å². The number of rotatable bonds is 13. The minimum atomic E-state index is -1.08. The minimum absolute atomic E-state index is 0.212. The third kappa shape index (κ3) is 12.9. The van der Waals surface area contributed by atoms with Gasteiger partial charge in [-0.25, -0.2) is 4.79 Å². The summed E-state index contributed by atoms with van der Waals surface area (Å²) < 4.78 is 9.78. The van der Waals surface area contributed by atoms with Gasteiger partial charge in [-0.2, -0.15) is 0 Å². The van der Waals surface area contributed by atoms with E-state index in [1.54, 1.807) is 0 Å². The average molecular weight is 345 g/mol. The van der Waals surface area contributed by atoms with Crippen molar-refractivity contribution >= 4 is 17.8 Å². The zero-order chi connectivity index (χ0) is 18.4. The first-order chi connectivity index (χ1) is 11.4. The van der Waals surface area contributed by atoms with Gasteiger partial charge in [0, 0.05) is 13.3 Å². The van der Waals surface area contributed by atoms with Crippen molar-refractivity contribution < 1.29 is 29.0 Å². The number of unbranched alkanes of at least 4 members (excludes halogenated alkanes) is 5. The highest BCUT2D eigenvalue weighted by atomic mass is 16.6. The van der Waals surface area contributed by atoms with Crippen molar-refractivity contribution in [2.24, 2.45) is 0 Å². The maximum atomic E-state index is 11.5. The lowest BCUT2D eigenvalue weighted by molar-refractivity contribution is -0.154. The molecule has 7 nitrogen and oxygen atoms in total. The zero-order valence-electron chi connectivity index (χ0n) is 15.0. The van der Waals surface area contributed by atoms with E-state index in [0.717, 1.165) is 19.3 Å². The Labute approximate surface area is 144 Å². The van der Waals surface area contributed by atoms with Crippen molar-refractivity contribution in [2.75, 3.05) is 13.2 Å². The number of aliphatic hydroxyl groups is 1. The fourth-order valence-electron chi connectivity index (χ4n) is 2.03. The van der Waals surface area contributed by atoms with Crippen LogP contribution in [0.4, 0.5) is 0 Å². The standard InChI is InChI=1S/C17H31NO6/c1-4-5-6-7-8-9-10-16(21)23-11-15(20)12-24-17(22)13(2)18-14(3)19/h13,15,20H,4-12H2,1-3H3,(H,18,19)/t13-,15?/m0/s1. The monoisotopic (exact) mass is 345 g/mol. The van der Waals surface area contributed by atoms with Crippen LogP contribution in [0.5, 0.6) is 0 Å². The summed E-state index contributed by atoms with van der Waals surface area (Å²) in [6.45, 7) is 4.43. The molecule has 0 radical (unpaired) electrons. The van der Waals surface area contributed by atoms with E-state index in [0.29, 0.717) is 6.42 Å². The fourth-order valence-corrected chi connectivity index (χ4v) is 2.03. The Morgan fingerprint density at radius 3 is 2.21 bits per heavy atom. The molecule has 2 N–H and O–H groups in total.